The number of nitrogens with zero attached hydrogens (tertiary/aromatic N) is 4. The summed E-state index contributed by atoms with van der Waals surface area (Å²) in [5.41, 5.74) is 8.40. The molecule has 0 fully saturated rings. The Labute approximate surface area is 223 Å². The summed E-state index contributed by atoms with van der Waals surface area (Å²) >= 11 is 0. The zero-order valence-corrected chi connectivity index (χ0v) is 22.9. The first-order valence-corrected chi connectivity index (χ1v) is 13.7. The van der Waals surface area contributed by atoms with Gasteiger partial charge in [0.15, 0.2) is 5.82 Å². The Morgan fingerprint density at radius 1 is 1.26 bits per heavy atom. The van der Waals surface area contributed by atoms with Crippen molar-refractivity contribution in [2.45, 2.75) is 40.0 Å². The Hall–Kier alpha value is -3.15. The van der Waals surface area contributed by atoms with Gasteiger partial charge in [0.2, 0.25) is 5.91 Å². The summed E-state index contributed by atoms with van der Waals surface area (Å²) in [7, 11) is -2.31. The lowest BCUT2D eigenvalue weighted by molar-refractivity contribution is -0.119. The van der Waals surface area contributed by atoms with Crippen molar-refractivity contribution in [3.63, 3.8) is 0 Å². The van der Waals surface area contributed by atoms with Crippen LogP contribution in [0.2, 0.25) is 0 Å². The summed E-state index contributed by atoms with van der Waals surface area (Å²) < 4.78 is 10.8. The smallest absolute Gasteiger partial charge is 0.327 e. The van der Waals surface area contributed by atoms with E-state index in [4.69, 9.17) is 19.0 Å². The van der Waals surface area contributed by atoms with E-state index in [1.54, 1.807) is 0 Å². The van der Waals surface area contributed by atoms with Gasteiger partial charge in [0.1, 0.15) is 17.9 Å². The quantitative estimate of drug-likeness (QED) is 0.177. The summed E-state index contributed by atoms with van der Waals surface area (Å²) in [6.45, 7) is 8.85. The molecule has 1 aromatic carbocycles. The van der Waals surface area contributed by atoms with Gasteiger partial charge in [-0.25, -0.2) is 15.0 Å². The molecular formula is C25H36N7O5P. The van der Waals surface area contributed by atoms with Gasteiger partial charge in [-0.1, -0.05) is 19.1 Å². The molecule has 0 saturated carbocycles. The number of benzene rings is 1. The minimum absolute atomic E-state index is 0.0851. The van der Waals surface area contributed by atoms with Gasteiger partial charge in [-0.2, -0.15) is 0 Å². The van der Waals surface area contributed by atoms with Crippen molar-refractivity contribution in [2.24, 2.45) is 4.99 Å². The molecule has 1 aliphatic rings. The number of carbonyl (C=O) groups excluding carboxylic acids is 1. The Morgan fingerprint density at radius 2 is 2.11 bits per heavy atom. The predicted molar refractivity (Wildman–Crippen MR) is 147 cm³/mol. The number of aromatic nitrogens is 2. The van der Waals surface area contributed by atoms with Gasteiger partial charge in [-0.05, 0) is 38.9 Å². The number of carbonyl (C=O) groups is 1. The highest BCUT2D eigenvalue weighted by Crippen LogP contribution is 2.26. The van der Waals surface area contributed by atoms with Crippen molar-refractivity contribution in [1.29, 1.82) is 0 Å². The van der Waals surface area contributed by atoms with Crippen molar-refractivity contribution in [3.8, 4) is 5.75 Å². The second-order valence-corrected chi connectivity index (χ2v) is 9.30. The number of amidine groups is 1. The average Bonchev–Trinajstić information content (AvgIpc) is 2.90. The Kier molecular flexibility index (Phi) is 11.8. The lowest BCUT2D eigenvalue weighted by atomic mass is 10.2. The molecule has 38 heavy (non-hydrogen) atoms. The largest absolute Gasteiger partial charge is 0.493 e. The van der Waals surface area contributed by atoms with E-state index >= 15 is 0 Å². The number of nitrogens with one attached hydrogen (secondary N) is 3. The third-order valence-corrected chi connectivity index (χ3v) is 6.22. The van der Waals surface area contributed by atoms with Crippen LogP contribution in [0.4, 0.5) is 5.82 Å². The molecule has 3 rings (SSSR count). The molecule has 0 bridgehead atoms. The van der Waals surface area contributed by atoms with Crippen LogP contribution >= 0.6 is 8.60 Å². The predicted octanol–water partition coefficient (Wildman–Crippen LogP) is 2.79. The van der Waals surface area contributed by atoms with Gasteiger partial charge in [-0.3, -0.25) is 10.2 Å². The minimum atomic E-state index is -2.31. The second-order valence-electron chi connectivity index (χ2n) is 8.54. The van der Waals surface area contributed by atoms with Crippen molar-refractivity contribution >= 4 is 37.1 Å². The Balaban J connectivity index is 1.53. The van der Waals surface area contributed by atoms with Crippen LogP contribution < -0.4 is 20.9 Å². The molecule has 1 amide bonds. The van der Waals surface area contributed by atoms with Crippen molar-refractivity contribution in [3.05, 3.63) is 48.1 Å². The first-order valence-electron chi connectivity index (χ1n) is 12.5. The standard InChI is InChI=1S/C25H36N7O5P/c1-4-18(3)28-24(33)15-19-7-10-23(31-30-19)29-25-21-9-8-20(16-22(21)26-17-27-25)36-13-6-11-32(5-2)12-14-37-38(34)35/h4,7-9,16-17,30,34-35H,5-6,10-15H2,1-3H3,(H,28,33)(H,26,27,29,31)/b18-4+. The second kappa shape index (κ2) is 15.3. The molecule has 0 unspecified atom stereocenters. The van der Waals surface area contributed by atoms with Gasteiger partial charge in [0.05, 0.1) is 25.2 Å². The van der Waals surface area contributed by atoms with E-state index in [-0.39, 0.29) is 18.9 Å². The molecule has 1 aromatic heterocycles. The summed E-state index contributed by atoms with van der Waals surface area (Å²) in [6, 6.07) is 5.64. The summed E-state index contributed by atoms with van der Waals surface area (Å²) in [5.74, 6) is 1.85. The maximum Gasteiger partial charge on any atom is 0.327 e. The van der Waals surface area contributed by atoms with Gasteiger partial charge >= 0.3 is 8.60 Å². The highest BCUT2D eigenvalue weighted by Gasteiger charge is 2.13. The molecule has 0 saturated heterocycles. The van der Waals surface area contributed by atoms with Crippen LogP contribution in [0.5, 0.6) is 5.75 Å². The van der Waals surface area contributed by atoms with Crippen molar-refractivity contribution < 1.29 is 23.8 Å². The number of fused-ring (bicyclic) bond motifs is 1. The van der Waals surface area contributed by atoms with Crippen LogP contribution in [0.25, 0.3) is 10.9 Å². The zero-order valence-electron chi connectivity index (χ0n) is 22.0. The molecule has 13 heteroatoms. The zero-order chi connectivity index (χ0) is 27.3. The van der Waals surface area contributed by atoms with Crippen LogP contribution in [-0.4, -0.2) is 69.2 Å². The molecule has 12 nitrogen and oxygen atoms in total. The molecule has 206 valence electrons. The maximum absolute atomic E-state index is 12.1. The van der Waals surface area contributed by atoms with Crippen LogP contribution in [0.15, 0.2) is 53.1 Å². The lowest BCUT2D eigenvalue weighted by Gasteiger charge is -2.20. The molecule has 2 heterocycles. The normalized spacial score (nSPS) is 15.0. The number of aliphatic imine (C=N–C) groups is 1. The number of hydrazine groups is 1. The van der Waals surface area contributed by atoms with E-state index in [1.165, 1.54) is 6.33 Å². The third-order valence-electron chi connectivity index (χ3n) is 5.81. The molecule has 0 aliphatic carbocycles. The Morgan fingerprint density at radius 3 is 2.82 bits per heavy atom. The first kappa shape index (κ1) is 29.4. The van der Waals surface area contributed by atoms with Crippen molar-refractivity contribution in [1.82, 2.24) is 31.0 Å². The van der Waals surface area contributed by atoms with E-state index in [1.807, 2.05) is 51.1 Å². The van der Waals surface area contributed by atoms with Crippen molar-refractivity contribution in [2.75, 3.05) is 32.8 Å². The van der Waals surface area contributed by atoms with E-state index in [9.17, 15) is 4.79 Å². The van der Waals surface area contributed by atoms with Crippen LogP contribution in [0, 0.1) is 0 Å². The van der Waals surface area contributed by atoms with Crippen LogP contribution in [0.1, 0.15) is 40.0 Å². The average molecular weight is 546 g/mol. The fourth-order valence-corrected chi connectivity index (χ4v) is 3.91. The van der Waals surface area contributed by atoms with E-state index in [0.29, 0.717) is 37.0 Å². The van der Waals surface area contributed by atoms with Gasteiger partial charge in [-0.15, -0.1) is 0 Å². The SMILES string of the molecule is C/C=C(\C)NC(=O)CC1=CCC(=Nc2ncnc3cc(OCCCN(CC)CCOP(O)O)ccc23)NN1. The summed E-state index contributed by atoms with van der Waals surface area (Å²) in [6.07, 6.45) is 6.84. The highest BCUT2D eigenvalue weighted by molar-refractivity contribution is 7.39. The molecule has 0 radical (unpaired) electrons. The molecule has 0 atom stereocenters. The molecular weight excluding hydrogens is 509 g/mol. The fraction of sp³-hybridized carbons (Fsp3) is 0.440. The van der Waals surface area contributed by atoms with Crippen LogP contribution in [-0.2, 0) is 9.32 Å². The van der Waals surface area contributed by atoms with Gasteiger partial charge in [0.25, 0.3) is 0 Å². The first-order chi connectivity index (χ1) is 18.4. The van der Waals surface area contributed by atoms with E-state index in [2.05, 4.69) is 36.0 Å². The third kappa shape index (κ3) is 9.62. The molecule has 0 spiro atoms. The summed E-state index contributed by atoms with van der Waals surface area (Å²) in [5, 5.41) is 3.62. The van der Waals surface area contributed by atoms with Crippen LogP contribution in [0.3, 0.4) is 0 Å². The monoisotopic (exact) mass is 545 g/mol. The number of amides is 1. The summed E-state index contributed by atoms with van der Waals surface area (Å²) in [4.78, 5) is 45.3. The van der Waals surface area contributed by atoms with E-state index < -0.39 is 8.60 Å². The minimum Gasteiger partial charge on any atom is -0.493 e. The highest BCUT2D eigenvalue weighted by atomic mass is 31.2. The maximum atomic E-state index is 12.1. The van der Waals surface area contributed by atoms with Gasteiger partial charge in [0, 0.05) is 42.4 Å². The number of allylic oxidation sites excluding steroid dienone is 2. The Bertz CT molecular complexity index is 1170. The number of hydrogen-bond donors (Lipinski definition) is 5. The number of rotatable bonds is 14. The molecule has 5 N–H and O–H groups in total. The number of hydrogen-bond acceptors (Lipinski definition) is 10. The molecule has 2 aromatic rings. The lowest BCUT2D eigenvalue weighted by Crippen LogP contribution is -2.41. The fourth-order valence-electron chi connectivity index (χ4n) is 3.66. The number of likely N-dealkylation sites (N-methyl/N-ethyl adjacent to an activating group) is 1. The van der Waals surface area contributed by atoms with Gasteiger partial charge < -0.3 is 34.7 Å². The molecule has 1 aliphatic heterocycles. The topological polar surface area (TPSA) is 153 Å². The number of ether oxygens (including phenoxy) is 1. The van der Waals surface area contributed by atoms with E-state index in [0.717, 1.165) is 41.8 Å².